The molecule has 1 aromatic carbocycles. The molecule has 0 aliphatic rings. The minimum absolute atomic E-state index is 0.0234. The summed E-state index contributed by atoms with van der Waals surface area (Å²) in [7, 11) is 0. The third kappa shape index (κ3) is 2.82. The number of hydrogen-bond donors (Lipinski definition) is 1. The van der Waals surface area contributed by atoms with E-state index in [0.717, 1.165) is 6.07 Å². The molecule has 0 amide bonds. The fraction of sp³-hybridized carbons (Fsp3) is 0. The van der Waals surface area contributed by atoms with Crippen molar-refractivity contribution in [1.29, 1.82) is 0 Å². The molecule has 2 N–H and O–H groups in total. The van der Waals surface area contributed by atoms with Gasteiger partial charge in [0.25, 0.3) is 0 Å². The van der Waals surface area contributed by atoms with E-state index in [9.17, 15) is 4.39 Å². The van der Waals surface area contributed by atoms with Gasteiger partial charge in [-0.1, -0.05) is 11.6 Å². The van der Waals surface area contributed by atoms with Gasteiger partial charge >= 0.3 is 0 Å². The highest BCUT2D eigenvalue weighted by Gasteiger charge is 2.12. The molecule has 0 bridgehead atoms. The van der Waals surface area contributed by atoms with Gasteiger partial charge in [-0.05, 0) is 33.6 Å². The molecule has 0 unspecified atom stereocenters. The topological polar surface area (TPSA) is 61.0 Å². The smallest absolute Gasteiger partial charge is 0.247 e. The summed E-state index contributed by atoms with van der Waals surface area (Å²) in [5, 5.41) is -0.0484. The van der Waals surface area contributed by atoms with E-state index in [-0.39, 0.29) is 27.6 Å². The van der Waals surface area contributed by atoms with Crippen molar-refractivity contribution in [2.24, 2.45) is 0 Å². The Hall–Kier alpha value is -1.11. The third-order valence-corrected chi connectivity index (χ3v) is 3.02. The van der Waals surface area contributed by atoms with Crippen LogP contribution < -0.4 is 10.5 Å². The molecule has 0 aliphatic heterocycles. The Morgan fingerprint density at radius 3 is 2.78 bits per heavy atom. The average Bonchev–Trinajstić information content (AvgIpc) is 2.30. The Bertz CT molecular complexity index is 612. The number of anilines is 1. The zero-order valence-corrected chi connectivity index (χ0v) is 11.7. The van der Waals surface area contributed by atoms with E-state index in [1.165, 1.54) is 12.3 Å². The maximum Gasteiger partial charge on any atom is 0.247 e. The summed E-state index contributed by atoms with van der Waals surface area (Å²) in [5.74, 6) is -0.399. The maximum absolute atomic E-state index is 13.3. The zero-order valence-electron chi connectivity index (χ0n) is 8.62. The van der Waals surface area contributed by atoms with E-state index >= 15 is 0 Å². The number of nitrogen functional groups attached to an aromatic ring is 1. The SMILES string of the molecule is Nc1cnc(Cl)nc1Oc1cc(F)c(Cl)cc1Br. The highest BCUT2D eigenvalue weighted by molar-refractivity contribution is 9.10. The van der Waals surface area contributed by atoms with Crippen molar-refractivity contribution >= 4 is 44.8 Å². The summed E-state index contributed by atoms with van der Waals surface area (Å²) in [4.78, 5) is 7.47. The van der Waals surface area contributed by atoms with Crippen molar-refractivity contribution in [1.82, 2.24) is 9.97 Å². The first-order chi connectivity index (χ1) is 8.47. The number of nitrogens with zero attached hydrogens (tertiary/aromatic N) is 2. The van der Waals surface area contributed by atoms with E-state index in [1.807, 2.05) is 0 Å². The Balaban J connectivity index is 2.40. The number of aromatic nitrogens is 2. The molecule has 0 aliphatic carbocycles. The second kappa shape index (κ2) is 5.26. The third-order valence-electron chi connectivity index (χ3n) is 1.93. The summed E-state index contributed by atoms with van der Waals surface area (Å²) in [6.07, 6.45) is 1.30. The zero-order chi connectivity index (χ0) is 13.3. The van der Waals surface area contributed by atoms with Gasteiger partial charge in [0.2, 0.25) is 11.2 Å². The summed E-state index contributed by atoms with van der Waals surface area (Å²) in [6.45, 7) is 0. The van der Waals surface area contributed by atoms with Crippen LogP contribution in [-0.2, 0) is 0 Å². The molecule has 0 radical (unpaired) electrons. The number of hydrogen-bond acceptors (Lipinski definition) is 4. The number of rotatable bonds is 2. The fourth-order valence-electron chi connectivity index (χ4n) is 1.12. The van der Waals surface area contributed by atoms with Crippen molar-refractivity contribution in [3.05, 3.63) is 38.9 Å². The van der Waals surface area contributed by atoms with Crippen molar-refractivity contribution in [2.45, 2.75) is 0 Å². The second-order valence-corrected chi connectivity index (χ2v) is 4.80. The molecule has 94 valence electrons. The lowest BCUT2D eigenvalue weighted by Crippen LogP contribution is -1.97. The fourth-order valence-corrected chi connectivity index (χ4v) is 1.97. The Morgan fingerprint density at radius 1 is 1.33 bits per heavy atom. The van der Waals surface area contributed by atoms with Crippen molar-refractivity contribution < 1.29 is 9.13 Å². The number of ether oxygens (including phenoxy) is 1. The van der Waals surface area contributed by atoms with Crippen LogP contribution in [0.5, 0.6) is 11.6 Å². The molecular formula is C10H5BrCl2FN3O. The summed E-state index contributed by atoms with van der Waals surface area (Å²) >= 11 is 14.4. The predicted octanol–water partition coefficient (Wildman–Crippen LogP) is 4.06. The van der Waals surface area contributed by atoms with E-state index < -0.39 is 5.82 Å². The van der Waals surface area contributed by atoms with Crippen LogP contribution in [0.2, 0.25) is 10.3 Å². The van der Waals surface area contributed by atoms with Crippen molar-refractivity contribution in [3.63, 3.8) is 0 Å². The van der Waals surface area contributed by atoms with E-state index in [0.29, 0.717) is 4.47 Å². The van der Waals surface area contributed by atoms with Gasteiger partial charge < -0.3 is 10.5 Å². The Labute approximate surface area is 120 Å². The van der Waals surface area contributed by atoms with Gasteiger partial charge in [-0.3, -0.25) is 0 Å². The van der Waals surface area contributed by atoms with Gasteiger partial charge in [0.05, 0.1) is 15.7 Å². The standard InChI is InChI=1S/C10H5BrCl2FN3O/c11-4-1-5(12)6(14)2-8(4)18-9-7(15)3-16-10(13)17-9/h1-3H,15H2. The van der Waals surface area contributed by atoms with Crippen LogP contribution in [0.4, 0.5) is 10.1 Å². The molecule has 1 heterocycles. The molecule has 2 aromatic rings. The van der Waals surface area contributed by atoms with E-state index in [4.69, 9.17) is 33.7 Å². The average molecular weight is 353 g/mol. The molecule has 0 spiro atoms. The van der Waals surface area contributed by atoms with Crippen LogP contribution in [0.25, 0.3) is 0 Å². The highest BCUT2D eigenvalue weighted by Crippen LogP contribution is 2.34. The van der Waals surface area contributed by atoms with Crippen LogP contribution in [0.15, 0.2) is 22.8 Å². The monoisotopic (exact) mass is 351 g/mol. The van der Waals surface area contributed by atoms with Gasteiger partial charge in [0.15, 0.2) is 0 Å². The minimum atomic E-state index is -0.617. The molecule has 0 saturated heterocycles. The predicted molar refractivity (Wildman–Crippen MR) is 70.6 cm³/mol. The lowest BCUT2D eigenvalue weighted by Gasteiger charge is -2.09. The highest BCUT2D eigenvalue weighted by atomic mass is 79.9. The van der Waals surface area contributed by atoms with Gasteiger partial charge in [0.1, 0.15) is 17.3 Å². The quantitative estimate of drug-likeness (QED) is 0.654. The number of halogens is 4. The van der Waals surface area contributed by atoms with E-state index in [2.05, 4.69) is 25.9 Å². The first-order valence-corrected chi connectivity index (χ1v) is 6.12. The van der Waals surface area contributed by atoms with Gasteiger partial charge in [0, 0.05) is 6.07 Å². The molecule has 0 saturated carbocycles. The Morgan fingerprint density at radius 2 is 2.06 bits per heavy atom. The lowest BCUT2D eigenvalue weighted by atomic mass is 10.3. The molecule has 4 nitrogen and oxygen atoms in total. The molecule has 0 fully saturated rings. The molecule has 18 heavy (non-hydrogen) atoms. The molecule has 0 atom stereocenters. The first kappa shape index (κ1) is 13.3. The van der Waals surface area contributed by atoms with Gasteiger partial charge in [-0.25, -0.2) is 9.37 Å². The van der Waals surface area contributed by atoms with Gasteiger partial charge in [-0.2, -0.15) is 4.98 Å². The van der Waals surface area contributed by atoms with Crippen LogP contribution in [0, 0.1) is 5.82 Å². The number of benzene rings is 1. The first-order valence-electron chi connectivity index (χ1n) is 4.58. The second-order valence-electron chi connectivity index (χ2n) is 3.20. The normalized spacial score (nSPS) is 10.4. The van der Waals surface area contributed by atoms with E-state index in [1.54, 1.807) is 0 Å². The minimum Gasteiger partial charge on any atom is -0.436 e. The Kier molecular flexibility index (Phi) is 3.89. The summed E-state index contributed by atoms with van der Waals surface area (Å²) < 4.78 is 19.1. The lowest BCUT2D eigenvalue weighted by molar-refractivity contribution is 0.456. The van der Waals surface area contributed by atoms with Crippen LogP contribution in [0.3, 0.4) is 0 Å². The molecule has 1 aromatic heterocycles. The molecule has 2 rings (SSSR count). The molecule has 8 heteroatoms. The summed E-state index contributed by atoms with van der Waals surface area (Å²) in [6, 6.07) is 2.48. The van der Waals surface area contributed by atoms with Crippen molar-refractivity contribution in [3.8, 4) is 11.6 Å². The largest absolute Gasteiger partial charge is 0.436 e. The summed E-state index contributed by atoms with van der Waals surface area (Å²) in [5.41, 5.74) is 5.79. The van der Waals surface area contributed by atoms with Crippen LogP contribution >= 0.6 is 39.1 Å². The van der Waals surface area contributed by atoms with Crippen molar-refractivity contribution in [2.75, 3.05) is 5.73 Å². The molecular weight excluding hydrogens is 348 g/mol. The maximum atomic E-state index is 13.3. The number of nitrogens with two attached hydrogens (primary N) is 1. The van der Waals surface area contributed by atoms with Gasteiger partial charge in [-0.15, -0.1) is 0 Å². The van der Waals surface area contributed by atoms with Crippen LogP contribution in [-0.4, -0.2) is 9.97 Å². The van der Waals surface area contributed by atoms with Crippen LogP contribution in [0.1, 0.15) is 0 Å².